The highest BCUT2D eigenvalue weighted by Crippen LogP contribution is 2.21. The number of carbonyl (C=O) groups excluding carboxylic acids is 2. The summed E-state index contributed by atoms with van der Waals surface area (Å²) < 4.78 is 9.52. The molecule has 1 aromatic carbocycles. The standard InChI is InChI=1S/C13H13ClO5/c1-8(15)7-11(16)19-12(13(17)18-2)9-3-5-10(14)6-4-9/h3-7,12,15H,1-2H3/b8-7-. The van der Waals surface area contributed by atoms with Crippen molar-refractivity contribution in [2.24, 2.45) is 0 Å². The van der Waals surface area contributed by atoms with E-state index in [4.69, 9.17) is 21.4 Å². The number of carbonyl (C=O) groups is 2. The van der Waals surface area contributed by atoms with Gasteiger partial charge in [0.15, 0.2) is 0 Å². The van der Waals surface area contributed by atoms with Crippen LogP contribution in [0.25, 0.3) is 0 Å². The summed E-state index contributed by atoms with van der Waals surface area (Å²) in [6, 6.07) is 6.22. The van der Waals surface area contributed by atoms with E-state index < -0.39 is 18.0 Å². The number of hydrogen-bond donors (Lipinski definition) is 1. The van der Waals surface area contributed by atoms with E-state index in [0.717, 1.165) is 6.08 Å². The molecule has 0 amide bonds. The molecule has 0 fully saturated rings. The van der Waals surface area contributed by atoms with E-state index in [9.17, 15) is 9.59 Å². The lowest BCUT2D eigenvalue weighted by atomic mass is 10.1. The Hall–Kier alpha value is -2.01. The first-order valence-corrected chi connectivity index (χ1v) is 5.73. The Morgan fingerprint density at radius 1 is 1.32 bits per heavy atom. The van der Waals surface area contributed by atoms with E-state index in [-0.39, 0.29) is 5.76 Å². The van der Waals surface area contributed by atoms with Crippen LogP contribution in [0.3, 0.4) is 0 Å². The molecule has 0 radical (unpaired) electrons. The zero-order valence-electron chi connectivity index (χ0n) is 10.4. The van der Waals surface area contributed by atoms with E-state index in [0.29, 0.717) is 10.6 Å². The molecule has 1 rings (SSSR count). The van der Waals surface area contributed by atoms with Crippen molar-refractivity contribution in [3.05, 3.63) is 46.7 Å². The highest BCUT2D eigenvalue weighted by molar-refractivity contribution is 6.30. The van der Waals surface area contributed by atoms with Crippen LogP contribution in [-0.4, -0.2) is 24.2 Å². The quantitative estimate of drug-likeness (QED) is 0.522. The number of aliphatic hydroxyl groups excluding tert-OH is 1. The fourth-order valence-electron chi connectivity index (χ4n) is 1.32. The molecule has 0 spiro atoms. The smallest absolute Gasteiger partial charge is 0.351 e. The summed E-state index contributed by atoms with van der Waals surface area (Å²) in [5.41, 5.74) is 0.425. The van der Waals surface area contributed by atoms with Crippen LogP contribution in [-0.2, 0) is 19.1 Å². The molecule has 0 bridgehead atoms. The van der Waals surface area contributed by atoms with Gasteiger partial charge in [-0.3, -0.25) is 0 Å². The van der Waals surface area contributed by atoms with Gasteiger partial charge in [-0.05, 0) is 19.1 Å². The van der Waals surface area contributed by atoms with Gasteiger partial charge >= 0.3 is 11.9 Å². The Bertz CT molecular complexity index is 488. The van der Waals surface area contributed by atoms with Gasteiger partial charge in [-0.25, -0.2) is 9.59 Å². The summed E-state index contributed by atoms with van der Waals surface area (Å²) in [5, 5.41) is 9.46. The minimum absolute atomic E-state index is 0.218. The lowest BCUT2D eigenvalue weighted by Crippen LogP contribution is -2.20. The van der Waals surface area contributed by atoms with Crippen LogP contribution in [0.2, 0.25) is 5.02 Å². The maximum absolute atomic E-state index is 11.6. The van der Waals surface area contributed by atoms with Crippen molar-refractivity contribution in [2.45, 2.75) is 13.0 Å². The molecule has 102 valence electrons. The maximum Gasteiger partial charge on any atom is 0.351 e. The van der Waals surface area contributed by atoms with Crippen LogP contribution in [0.15, 0.2) is 36.1 Å². The normalized spacial score (nSPS) is 12.7. The van der Waals surface area contributed by atoms with Crippen LogP contribution in [0, 0.1) is 0 Å². The first-order chi connectivity index (χ1) is 8.93. The minimum atomic E-state index is -1.20. The molecule has 1 aromatic rings. The third-order valence-corrected chi connectivity index (χ3v) is 2.40. The van der Waals surface area contributed by atoms with Crippen LogP contribution < -0.4 is 0 Å². The third kappa shape index (κ3) is 4.63. The van der Waals surface area contributed by atoms with Gasteiger partial charge in [-0.1, -0.05) is 23.7 Å². The fourth-order valence-corrected chi connectivity index (χ4v) is 1.44. The Kier molecular flexibility index (Phi) is 5.38. The van der Waals surface area contributed by atoms with Gasteiger partial charge in [0.2, 0.25) is 6.10 Å². The Labute approximate surface area is 115 Å². The SMILES string of the molecule is COC(=O)C(OC(=O)/C=C(/C)O)c1ccc(Cl)cc1. The molecule has 0 aliphatic carbocycles. The van der Waals surface area contributed by atoms with Crippen LogP contribution >= 0.6 is 11.6 Å². The first kappa shape index (κ1) is 15.0. The van der Waals surface area contributed by atoms with Gasteiger partial charge in [0, 0.05) is 10.6 Å². The molecule has 5 nitrogen and oxygen atoms in total. The van der Waals surface area contributed by atoms with Crippen LogP contribution in [0.5, 0.6) is 0 Å². The van der Waals surface area contributed by atoms with Gasteiger partial charge in [-0.15, -0.1) is 0 Å². The second-order valence-electron chi connectivity index (χ2n) is 3.68. The van der Waals surface area contributed by atoms with Crippen molar-refractivity contribution in [1.82, 2.24) is 0 Å². The number of ether oxygens (including phenoxy) is 2. The number of halogens is 1. The van der Waals surface area contributed by atoms with Crippen molar-refractivity contribution < 1.29 is 24.2 Å². The molecule has 1 N–H and O–H groups in total. The summed E-state index contributed by atoms with van der Waals surface area (Å²) in [6.07, 6.45) is -0.336. The molecule has 19 heavy (non-hydrogen) atoms. The number of rotatable bonds is 4. The highest BCUT2D eigenvalue weighted by Gasteiger charge is 2.25. The van der Waals surface area contributed by atoms with Crippen molar-refractivity contribution in [1.29, 1.82) is 0 Å². The summed E-state index contributed by atoms with van der Waals surface area (Å²) >= 11 is 5.74. The van der Waals surface area contributed by atoms with E-state index >= 15 is 0 Å². The molecule has 0 aliphatic heterocycles. The van der Waals surface area contributed by atoms with E-state index in [1.54, 1.807) is 24.3 Å². The van der Waals surface area contributed by atoms with Gasteiger partial charge in [0.1, 0.15) is 0 Å². The number of esters is 2. The molecule has 1 unspecified atom stereocenters. The second kappa shape index (κ2) is 6.80. The predicted octanol–water partition coefficient (Wildman–Crippen LogP) is 2.56. The van der Waals surface area contributed by atoms with Gasteiger partial charge in [0.05, 0.1) is 18.9 Å². The van der Waals surface area contributed by atoms with Crippen LogP contribution in [0.4, 0.5) is 0 Å². The number of hydrogen-bond acceptors (Lipinski definition) is 5. The van der Waals surface area contributed by atoms with E-state index in [1.807, 2.05) is 0 Å². The summed E-state index contributed by atoms with van der Waals surface area (Å²) in [7, 11) is 1.19. The first-order valence-electron chi connectivity index (χ1n) is 5.35. The van der Waals surface area contributed by atoms with Gasteiger partial charge in [-0.2, -0.15) is 0 Å². The predicted molar refractivity (Wildman–Crippen MR) is 68.7 cm³/mol. The minimum Gasteiger partial charge on any atom is -0.512 e. The molecule has 0 aliphatic rings. The summed E-state index contributed by atoms with van der Waals surface area (Å²) in [4.78, 5) is 23.0. The fraction of sp³-hybridized carbons (Fsp3) is 0.231. The molecule has 0 saturated carbocycles. The maximum atomic E-state index is 11.6. The monoisotopic (exact) mass is 284 g/mol. The van der Waals surface area contributed by atoms with Crippen molar-refractivity contribution >= 4 is 23.5 Å². The third-order valence-electron chi connectivity index (χ3n) is 2.15. The number of allylic oxidation sites excluding steroid dienone is 1. The van der Waals surface area contributed by atoms with Gasteiger partial charge < -0.3 is 14.6 Å². The average Bonchev–Trinajstić information content (AvgIpc) is 2.35. The summed E-state index contributed by atoms with van der Waals surface area (Å²) in [6.45, 7) is 1.32. The molecule has 0 saturated heterocycles. The second-order valence-corrected chi connectivity index (χ2v) is 4.11. The largest absolute Gasteiger partial charge is 0.512 e. The van der Waals surface area contributed by atoms with Crippen molar-refractivity contribution in [3.8, 4) is 0 Å². The Balaban J connectivity index is 2.96. The number of benzene rings is 1. The molecular formula is C13H13ClO5. The van der Waals surface area contributed by atoms with Gasteiger partial charge in [0.25, 0.3) is 0 Å². The molecule has 0 aromatic heterocycles. The zero-order valence-corrected chi connectivity index (χ0v) is 11.2. The van der Waals surface area contributed by atoms with E-state index in [1.165, 1.54) is 14.0 Å². The molecule has 0 heterocycles. The number of aliphatic hydroxyl groups is 1. The topological polar surface area (TPSA) is 72.8 Å². The lowest BCUT2D eigenvalue weighted by Gasteiger charge is -2.15. The molecule has 1 atom stereocenters. The van der Waals surface area contributed by atoms with Crippen LogP contribution in [0.1, 0.15) is 18.6 Å². The average molecular weight is 285 g/mol. The molecular weight excluding hydrogens is 272 g/mol. The van der Waals surface area contributed by atoms with Crippen molar-refractivity contribution in [2.75, 3.05) is 7.11 Å². The highest BCUT2D eigenvalue weighted by atomic mass is 35.5. The number of methoxy groups -OCH3 is 1. The van der Waals surface area contributed by atoms with E-state index in [2.05, 4.69) is 4.74 Å². The Morgan fingerprint density at radius 2 is 1.89 bits per heavy atom. The Morgan fingerprint density at radius 3 is 2.37 bits per heavy atom. The molecule has 6 heteroatoms. The van der Waals surface area contributed by atoms with Crippen molar-refractivity contribution in [3.63, 3.8) is 0 Å². The lowest BCUT2D eigenvalue weighted by molar-refractivity contribution is -0.163. The summed E-state index contributed by atoms with van der Waals surface area (Å²) in [5.74, 6) is -1.78. The zero-order chi connectivity index (χ0) is 14.4.